The Bertz CT molecular complexity index is 1010. The van der Waals surface area contributed by atoms with E-state index in [0.29, 0.717) is 37.4 Å². The average molecular weight is 489 g/mol. The number of unbranched alkanes of at least 4 members (excludes halogenated alkanes) is 1. The summed E-state index contributed by atoms with van der Waals surface area (Å²) < 4.78 is 34.4. The van der Waals surface area contributed by atoms with E-state index in [1.807, 2.05) is 0 Å². The summed E-state index contributed by atoms with van der Waals surface area (Å²) in [7, 11) is 0. The van der Waals surface area contributed by atoms with Gasteiger partial charge in [0.25, 0.3) is 0 Å². The maximum absolute atomic E-state index is 14.6. The van der Waals surface area contributed by atoms with Gasteiger partial charge in [-0.1, -0.05) is 6.07 Å². The quantitative estimate of drug-likeness (QED) is 0.359. The molecule has 2 aromatic rings. The monoisotopic (exact) mass is 488 g/mol. The SMILES string of the molecule is CCOc1ncc([C@@H](CCC(F)(F)CCCCc2nc3c(cc2C2CC2)CCCN3)C(=O)O)cn1. The second kappa shape index (κ2) is 11.3. The van der Waals surface area contributed by atoms with Crippen LogP contribution in [0.3, 0.4) is 0 Å². The molecule has 0 spiro atoms. The van der Waals surface area contributed by atoms with Gasteiger partial charge in [-0.2, -0.15) is 0 Å². The van der Waals surface area contributed by atoms with Crippen LogP contribution >= 0.6 is 0 Å². The topological polar surface area (TPSA) is 97.2 Å². The summed E-state index contributed by atoms with van der Waals surface area (Å²) in [5, 5.41) is 12.9. The molecule has 1 aliphatic carbocycles. The van der Waals surface area contributed by atoms with Crippen LogP contribution in [0.1, 0.15) is 92.5 Å². The van der Waals surface area contributed by atoms with E-state index < -0.39 is 24.2 Å². The number of pyridine rings is 1. The van der Waals surface area contributed by atoms with Gasteiger partial charge >= 0.3 is 12.0 Å². The van der Waals surface area contributed by atoms with Crippen molar-refractivity contribution in [2.75, 3.05) is 18.5 Å². The number of anilines is 1. The third-order valence-corrected chi connectivity index (χ3v) is 6.77. The van der Waals surface area contributed by atoms with E-state index in [1.165, 1.54) is 36.4 Å². The molecule has 190 valence electrons. The number of halogens is 2. The van der Waals surface area contributed by atoms with Crippen LogP contribution in [0.25, 0.3) is 0 Å². The smallest absolute Gasteiger partial charge is 0.316 e. The molecule has 2 aliphatic rings. The molecule has 4 rings (SSSR count). The maximum Gasteiger partial charge on any atom is 0.316 e. The number of carboxylic acids is 1. The second-order valence-corrected chi connectivity index (χ2v) is 9.56. The lowest BCUT2D eigenvalue weighted by Crippen LogP contribution is -2.20. The highest BCUT2D eigenvalue weighted by molar-refractivity contribution is 5.75. The summed E-state index contributed by atoms with van der Waals surface area (Å²) in [6.07, 6.45) is 7.97. The zero-order valence-corrected chi connectivity index (χ0v) is 20.2. The van der Waals surface area contributed by atoms with Crippen molar-refractivity contribution in [2.45, 2.75) is 88.9 Å². The van der Waals surface area contributed by atoms with E-state index in [4.69, 9.17) is 9.72 Å². The van der Waals surface area contributed by atoms with E-state index >= 15 is 0 Å². The molecule has 1 fully saturated rings. The first-order valence-corrected chi connectivity index (χ1v) is 12.7. The molecule has 1 atom stereocenters. The number of hydrogen-bond donors (Lipinski definition) is 2. The minimum Gasteiger partial charge on any atom is -0.481 e. The van der Waals surface area contributed by atoms with Gasteiger partial charge in [0.15, 0.2) is 0 Å². The largest absolute Gasteiger partial charge is 0.481 e. The van der Waals surface area contributed by atoms with Gasteiger partial charge in [0, 0.05) is 43.0 Å². The Balaban J connectivity index is 1.28. The summed E-state index contributed by atoms with van der Waals surface area (Å²) in [6.45, 7) is 3.09. The van der Waals surface area contributed by atoms with Crippen molar-refractivity contribution in [3.8, 4) is 6.01 Å². The molecule has 3 heterocycles. The van der Waals surface area contributed by atoms with Gasteiger partial charge in [-0.25, -0.2) is 23.7 Å². The predicted molar refractivity (Wildman–Crippen MR) is 128 cm³/mol. The van der Waals surface area contributed by atoms with Gasteiger partial charge in [0.05, 0.1) is 12.5 Å². The Morgan fingerprint density at radius 2 is 2.03 bits per heavy atom. The first-order valence-electron chi connectivity index (χ1n) is 12.7. The van der Waals surface area contributed by atoms with Crippen molar-refractivity contribution in [1.29, 1.82) is 0 Å². The molecule has 2 N–H and O–H groups in total. The number of fused-ring (bicyclic) bond motifs is 1. The normalized spacial score (nSPS) is 16.3. The van der Waals surface area contributed by atoms with Gasteiger partial charge in [-0.05, 0) is 75.3 Å². The first kappa shape index (κ1) is 25.3. The fourth-order valence-corrected chi connectivity index (χ4v) is 4.69. The molecule has 0 bridgehead atoms. The molecule has 2 aromatic heterocycles. The highest BCUT2D eigenvalue weighted by Gasteiger charge is 2.32. The standard InChI is InChI=1S/C26H34F2N4O3/c1-2-35-25-30-15-19(16-31-25)20(24(33)34)10-12-26(27,28)11-4-3-7-22-21(17-8-9-17)14-18-6-5-13-29-23(18)32-22/h14-17,20H,2-13H2,1H3,(H,29,32)(H,33,34)/t20-/m1/s1. The zero-order chi connectivity index (χ0) is 24.8. The Morgan fingerprint density at radius 1 is 1.26 bits per heavy atom. The van der Waals surface area contributed by atoms with Gasteiger partial charge in [0.1, 0.15) is 5.82 Å². The van der Waals surface area contributed by atoms with Crippen molar-refractivity contribution in [1.82, 2.24) is 15.0 Å². The molecule has 0 unspecified atom stereocenters. The summed E-state index contributed by atoms with van der Waals surface area (Å²) in [6, 6.07) is 2.42. The Labute approximate surface area is 204 Å². The number of carbonyl (C=O) groups is 1. The van der Waals surface area contributed by atoms with Crippen LogP contribution in [-0.2, 0) is 17.6 Å². The van der Waals surface area contributed by atoms with Gasteiger partial charge in [-0.3, -0.25) is 4.79 Å². The third kappa shape index (κ3) is 6.86. The zero-order valence-electron chi connectivity index (χ0n) is 20.2. The summed E-state index contributed by atoms with van der Waals surface area (Å²) in [5.74, 6) is -3.63. The minimum atomic E-state index is -2.93. The molecule has 9 heteroatoms. The van der Waals surface area contributed by atoms with Crippen molar-refractivity contribution in [3.63, 3.8) is 0 Å². The molecule has 0 aromatic carbocycles. The van der Waals surface area contributed by atoms with Crippen LogP contribution in [0.15, 0.2) is 18.5 Å². The molecule has 0 saturated heterocycles. The highest BCUT2D eigenvalue weighted by Crippen LogP contribution is 2.43. The van der Waals surface area contributed by atoms with Crippen molar-refractivity contribution < 1.29 is 23.4 Å². The minimum absolute atomic E-state index is 0.139. The van der Waals surface area contributed by atoms with E-state index in [1.54, 1.807) is 6.92 Å². The number of rotatable bonds is 13. The predicted octanol–water partition coefficient (Wildman–Crippen LogP) is 5.50. The van der Waals surface area contributed by atoms with E-state index in [9.17, 15) is 18.7 Å². The van der Waals surface area contributed by atoms with Gasteiger partial charge in [-0.15, -0.1) is 0 Å². The highest BCUT2D eigenvalue weighted by atomic mass is 19.3. The van der Waals surface area contributed by atoms with E-state index in [2.05, 4.69) is 21.4 Å². The lowest BCUT2D eigenvalue weighted by molar-refractivity contribution is -0.139. The fraction of sp³-hybridized carbons (Fsp3) is 0.615. The van der Waals surface area contributed by atoms with Crippen LogP contribution in [-0.4, -0.2) is 45.1 Å². The van der Waals surface area contributed by atoms with E-state index in [-0.39, 0.29) is 18.9 Å². The molecule has 1 aliphatic heterocycles. The lowest BCUT2D eigenvalue weighted by atomic mass is 9.93. The summed E-state index contributed by atoms with van der Waals surface area (Å²) in [4.78, 5) is 24.5. The van der Waals surface area contributed by atoms with Crippen LogP contribution in [0.2, 0.25) is 0 Å². The Morgan fingerprint density at radius 3 is 2.71 bits per heavy atom. The fourth-order valence-electron chi connectivity index (χ4n) is 4.69. The van der Waals surface area contributed by atoms with Gasteiger partial charge in [0.2, 0.25) is 5.92 Å². The molecule has 35 heavy (non-hydrogen) atoms. The van der Waals surface area contributed by atoms with Crippen molar-refractivity contribution in [3.05, 3.63) is 40.8 Å². The van der Waals surface area contributed by atoms with Crippen LogP contribution < -0.4 is 10.1 Å². The van der Waals surface area contributed by atoms with Crippen LogP contribution in [0, 0.1) is 0 Å². The number of alkyl halides is 2. The van der Waals surface area contributed by atoms with Gasteiger partial charge < -0.3 is 15.2 Å². The molecule has 0 radical (unpaired) electrons. The Kier molecular flexibility index (Phi) is 8.13. The molecule has 7 nitrogen and oxygen atoms in total. The van der Waals surface area contributed by atoms with E-state index in [0.717, 1.165) is 30.9 Å². The van der Waals surface area contributed by atoms with Crippen molar-refractivity contribution in [2.24, 2.45) is 0 Å². The number of nitrogens with one attached hydrogen (secondary N) is 1. The molecule has 0 amide bonds. The number of aryl methyl sites for hydroxylation is 2. The van der Waals surface area contributed by atoms with Crippen LogP contribution in [0.4, 0.5) is 14.6 Å². The maximum atomic E-state index is 14.6. The number of nitrogens with zero attached hydrogens (tertiary/aromatic N) is 3. The summed E-state index contributed by atoms with van der Waals surface area (Å²) >= 11 is 0. The number of ether oxygens (including phenoxy) is 1. The number of aromatic nitrogens is 3. The average Bonchev–Trinajstić information content (AvgIpc) is 3.68. The lowest BCUT2D eigenvalue weighted by Gasteiger charge is -2.21. The molecular formula is C26H34F2N4O3. The number of carboxylic acid groups (broad SMARTS) is 1. The summed E-state index contributed by atoms with van der Waals surface area (Å²) in [5.41, 5.74) is 3.93. The molecular weight excluding hydrogens is 454 g/mol. The molecule has 1 saturated carbocycles. The first-order chi connectivity index (χ1) is 16.9. The third-order valence-electron chi connectivity index (χ3n) is 6.77. The number of aliphatic carboxylic acids is 1. The number of hydrogen-bond acceptors (Lipinski definition) is 6. The van der Waals surface area contributed by atoms with Crippen LogP contribution in [0.5, 0.6) is 6.01 Å². The second-order valence-electron chi connectivity index (χ2n) is 9.56. The Hall–Kier alpha value is -2.84. The van der Waals surface area contributed by atoms with Crippen molar-refractivity contribution >= 4 is 11.8 Å².